The minimum atomic E-state index is -3.44. The number of methoxy groups -OCH3 is 1. The van der Waals surface area contributed by atoms with Crippen LogP contribution in [0.2, 0.25) is 0 Å². The highest BCUT2D eigenvalue weighted by Crippen LogP contribution is 2.18. The fourth-order valence-electron chi connectivity index (χ4n) is 3.44. The second-order valence-corrected chi connectivity index (χ2v) is 9.22. The molecule has 0 saturated carbocycles. The third-order valence-corrected chi connectivity index (χ3v) is 6.70. The first-order valence-electron chi connectivity index (χ1n) is 9.06. The molecule has 1 aromatic rings. The number of ether oxygens (including phenoxy) is 1. The van der Waals surface area contributed by atoms with E-state index < -0.39 is 9.84 Å². The van der Waals surface area contributed by atoms with Crippen molar-refractivity contribution in [1.82, 2.24) is 9.80 Å². The lowest BCUT2D eigenvalue weighted by Crippen LogP contribution is -2.58. The maximum Gasteiger partial charge on any atom is 0.223 e. The van der Waals surface area contributed by atoms with E-state index in [4.69, 9.17) is 4.74 Å². The van der Waals surface area contributed by atoms with Crippen molar-refractivity contribution in [3.63, 3.8) is 0 Å². The van der Waals surface area contributed by atoms with E-state index >= 15 is 0 Å². The highest BCUT2D eigenvalue weighted by Gasteiger charge is 2.31. The van der Waals surface area contributed by atoms with Gasteiger partial charge < -0.3 is 9.64 Å². The zero-order valence-electron chi connectivity index (χ0n) is 16.1. The molecule has 1 aromatic carbocycles. The van der Waals surface area contributed by atoms with Crippen LogP contribution in [0.3, 0.4) is 0 Å². The van der Waals surface area contributed by atoms with Crippen LogP contribution in [0, 0.1) is 6.92 Å². The van der Waals surface area contributed by atoms with Gasteiger partial charge in [-0.2, -0.15) is 0 Å². The van der Waals surface area contributed by atoms with Gasteiger partial charge in [-0.1, -0.05) is 17.7 Å². The summed E-state index contributed by atoms with van der Waals surface area (Å²) >= 11 is 0. The lowest BCUT2D eigenvalue weighted by Gasteiger charge is -2.44. The van der Waals surface area contributed by atoms with Crippen LogP contribution in [0.1, 0.15) is 25.8 Å². The zero-order valence-corrected chi connectivity index (χ0v) is 17.0. The SMILES string of the molecule is COCCN1C(C)CN(C(=O)CCS(=O)(=O)c2ccc(C)cc2)CC1C. The standard InChI is InChI=1S/C19H30N2O4S/c1-15-5-7-18(8-6-15)26(23,24)12-9-19(22)20-13-16(2)21(10-11-25-4)17(3)14-20/h5-8,16-17H,9-14H2,1-4H3. The number of benzene rings is 1. The minimum absolute atomic E-state index is 0.0215. The van der Waals surface area contributed by atoms with Crippen LogP contribution in [0.15, 0.2) is 29.2 Å². The fourth-order valence-corrected chi connectivity index (χ4v) is 4.67. The van der Waals surface area contributed by atoms with Crippen molar-refractivity contribution in [1.29, 1.82) is 0 Å². The van der Waals surface area contributed by atoms with Crippen LogP contribution in [0.5, 0.6) is 0 Å². The van der Waals surface area contributed by atoms with E-state index in [1.807, 2.05) is 6.92 Å². The van der Waals surface area contributed by atoms with Gasteiger partial charge in [0.25, 0.3) is 0 Å². The van der Waals surface area contributed by atoms with Crippen LogP contribution in [-0.2, 0) is 19.4 Å². The van der Waals surface area contributed by atoms with E-state index in [2.05, 4.69) is 18.7 Å². The molecule has 2 unspecified atom stereocenters. The second-order valence-electron chi connectivity index (χ2n) is 7.11. The quantitative estimate of drug-likeness (QED) is 0.718. The van der Waals surface area contributed by atoms with Crippen LogP contribution in [-0.4, -0.2) is 75.3 Å². The fraction of sp³-hybridized carbons (Fsp3) is 0.632. The smallest absolute Gasteiger partial charge is 0.223 e. The molecule has 2 atom stereocenters. The van der Waals surface area contributed by atoms with Gasteiger partial charge in [0.05, 0.1) is 17.3 Å². The Labute approximate surface area is 157 Å². The summed E-state index contributed by atoms with van der Waals surface area (Å²) in [6.07, 6.45) is 0.0215. The third kappa shape index (κ3) is 5.28. The molecule has 26 heavy (non-hydrogen) atoms. The Hall–Kier alpha value is -1.44. The number of aryl methyl sites for hydroxylation is 1. The Morgan fingerprint density at radius 2 is 1.73 bits per heavy atom. The van der Waals surface area contributed by atoms with Gasteiger partial charge in [-0.05, 0) is 32.9 Å². The number of sulfone groups is 1. The summed E-state index contributed by atoms with van der Waals surface area (Å²) in [5.74, 6) is -0.243. The maximum atomic E-state index is 12.6. The molecular weight excluding hydrogens is 352 g/mol. The van der Waals surface area contributed by atoms with Gasteiger partial charge in [0.2, 0.25) is 5.91 Å². The second kappa shape index (κ2) is 8.97. The lowest BCUT2D eigenvalue weighted by atomic mass is 10.1. The Kier molecular flexibility index (Phi) is 7.20. The Balaban J connectivity index is 1.93. The number of carbonyl (C=O) groups excluding carboxylic acids is 1. The van der Waals surface area contributed by atoms with Crippen molar-refractivity contribution in [3.05, 3.63) is 29.8 Å². The van der Waals surface area contributed by atoms with Crippen molar-refractivity contribution in [2.24, 2.45) is 0 Å². The first-order chi connectivity index (χ1) is 12.2. The van der Waals surface area contributed by atoms with E-state index in [0.717, 1.165) is 12.1 Å². The summed E-state index contributed by atoms with van der Waals surface area (Å²) in [7, 11) is -1.75. The van der Waals surface area contributed by atoms with Gasteiger partial charge in [-0.3, -0.25) is 9.69 Å². The highest BCUT2D eigenvalue weighted by molar-refractivity contribution is 7.91. The molecule has 0 N–H and O–H groups in total. The highest BCUT2D eigenvalue weighted by atomic mass is 32.2. The first kappa shape index (κ1) is 20.9. The summed E-state index contributed by atoms with van der Waals surface area (Å²) in [4.78, 5) is 17.0. The third-order valence-electron chi connectivity index (χ3n) is 4.97. The Morgan fingerprint density at radius 1 is 1.15 bits per heavy atom. The van der Waals surface area contributed by atoms with Crippen LogP contribution in [0.4, 0.5) is 0 Å². The summed E-state index contributed by atoms with van der Waals surface area (Å²) < 4.78 is 30.0. The van der Waals surface area contributed by atoms with Crippen molar-refractivity contribution in [3.8, 4) is 0 Å². The molecule has 1 aliphatic rings. The van der Waals surface area contributed by atoms with Crippen molar-refractivity contribution < 1.29 is 17.9 Å². The molecule has 1 saturated heterocycles. The van der Waals surface area contributed by atoms with Crippen molar-refractivity contribution >= 4 is 15.7 Å². The molecule has 0 spiro atoms. The van der Waals surface area contributed by atoms with Crippen molar-refractivity contribution in [2.75, 3.05) is 39.1 Å². The van der Waals surface area contributed by atoms with Crippen LogP contribution in [0.25, 0.3) is 0 Å². The molecule has 0 radical (unpaired) electrons. The summed E-state index contributed by atoms with van der Waals surface area (Å²) in [6, 6.07) is 7.22. The number of piperazine rings is 1. The topological polar surface area (TPSA) is 66.9 Å². The Morgan fingerprint density at radius 3 is 2.27 bits per heavy atom. The van der Waals surface area contributed by atoms with E-state index in [9.17, 15) is 13.2 Å². The van der Waals surface area contributed by atoms with Crippen molar-refractivity contribution in [2.45, 2.75) is 44.2 Å². The Bertz CT molecular complexity index is 691. The summed E-state index contributed by atoms with van der Waals surface area (Å²) in [6.45, 7) is 8.84. The van der Waals surface area contributed by atoms with Crippen LogP contribution < -0.4 is 0 Å². The van der Waals surface area contributed by atoms with E-state index in [-0.39, 0.29) is 35.1 Å². The van der Waals surface area contributed by atoms with E-state index in [0.29, 0.717) is 19.7 Å². The molecule has 146 valence electrons. The van der Waals surface area contributed by atoms with E-state index in [1.54, 1.807) is 36.3 Å². The molecule has 6 nitrogen and oxygen atoms in total. The predicted molar refractivity (Wildman–Crippen MR) is 102 cm³/mol. The molecule has 1 amide bonds. The average molecular weight is 383 g/mol. The maximum absolute atomic E-state index is 12.6. The van der Waals surface area contributed by atoms with Gasteiger partial charge in [0, 0.05) is 45.2 Å². The molecule has 2 rings (SSSR count). The zero-order chi connectivity index (χ0) is 19.3. The molecule has 0 aliphatic carbocycles. The number of nitrogens with zero attached hydrogens (tertiary/aromatic N) is 2. The molecule has 0 aromatic heterocycles. The van der Waals surface area contributed by atoms with Gasteiger partial charge in [-0.25, -0.2) is 8.42 Å². The number of hydrogen-bond acceptors (Lipinski definition) is 5. The number of rotatable bonds is 7. The lowest BCUT2D eigenvalue weighted by molar-refractivity contribution is -0.135. The summed E-state index contributed by atoms with van der Waals surface area (Å²) in [5, 5.41) is 0. The minimum Gasteiger partial charge on any atom is -0.383 e. The molecule has 1 heterocycles. The van der Waals surface area contributed by atoms with Gasteiger partial charge in [-0.15, -0.1) is 0 Å². The predicted octanol–water partition coefficient (Wildman–Crippen LogP) is 1.73. The average Bonchev–Trinajstić information content (AvgIpc) is 2.59. The largest absolute Gasteiger partial charge is 0.383 e. The normalized spacial score (nSPS) is 21.8. The molecule has 1 fully saturated rings. The van der Waals surface area contributed by atoms with Gasteiger partial charge in [0.15, 0.2) is 9.84 Å². The molecular formula is C19H30N2O4S. The van der Waals surface area contributed by atoms with Gasteiger partial charge >= 0.3 is 0 Å². The molecule has 7 heteroatoms. The summed E-state index contributed by atoms with van der Waals surface area (Å²) in [5.41, 5.74) is 1.01. The monoisotopic (exact) mass is 382 g/mol. The van der Waals surface area contributed by atoms with Gasteiger partial charge in [0.1, 0.15) is 0 Å². The van der Waals surface area contributed by atoms with E-state index in [1.165, 1.54) is 0 Å². The number of carbonyl (C=O) groups is 1. The molecule has 1 aliphatic heterocycles. The first-order valence-corrected chi connectivity index (χ1v) is 10.7. The van der Waals surface area contributed by atoms with Crippen LogP contribution >= 0.6 is 0 Å². The number of hydrogen-bond donors (Lipinski definition) is 0. The molecule has 0 bridgehead atoms. The number of amides is 1.